The molecule has 6 nitrogen and oxygen atoms in total. The summed E-state index contributed by atoms with van der Waals surface area (Å²) in [6.07, 6.45) is 5.10. The molecule has 0 spiro atoms. The fourth-order valence-corrected chi connectivity index (χ4v) is 5.19. The van der Waals surface area contributed by atoms with Crippen molar-refractivity contribution in [2.75, 3.05) is 13.1 Å². The Morgan fingerprint density at radius 1 is 1.12 bits per heavy atom. The van der Waals surface area contributed by atoms with Crippen molar-refractivity contribution in [1.82, 2.24) is 9.47 Å². The van der Waals surface area contributed by atoms with E-state index >= 15 is 0 Å². The first-order valence-electron chi connectivity index (χ1n) is 11.2. The second-order valence-electron chi connectivity index (χ2n) is 9.37. The Balaban J connectivity index is 1.76. The average Bonchev–Trinajstić information content (AvgIpc) is 3.52. The lowest BCUT2D eigenvalue weighted by atomic mass is 9.91. The molecular formula is C26H27BrN2O4S. The first kappa shape index (κ1) is 24.4. The first-order valence-corrected chi connectivity index (χ1v) is 12.8. The van der Waals surface area contributed by atoms with Gasteiger partial charge in [-0.05, 0) is 31.0 Å². The zero-order valence-corrected chi connectivity index (χ0v) is 21.9. The monoisotopic (exact) mass is 542 g/mol. The van der Waals surface area contributed by atoms with Gasteiger partial charge >= 0.3 is 0 Å². The summed E-state index contributed by atoms with van der Waals surface area (Å²) in [5.41, 5.74) is 0.0169. The molecule has 1 amide bonds. The standard InChI is InChI=1S/C26H27BrN2O4S/c1-26(2,3)22(30)15-24-29(16-23(31)28-12-6-7-13-28)25(32)21(34-24)14-17-10-11-20(33-17)18-8-4-5-9-19(18)27/h4-5,8-11,14-15H,6-7,12-13,16H2,1-3H3/b21-14-,24-15-. The largest absolute Gasteiger partial charge is 0.457 e. The normalized spacial score (nSPS) is 15.4. The van der Waals surface area contributed by atoms with Crippen molar-refractivity contribution < 1.29 is 14.0 Å². The van der Waals surface area contributed by atoms with Crippen LogP contribution in [-0.2, 0) is 16.1 Å². The lowest BCUT2D eigenvalue weighted by molar-refractivity contribution is -0.130. The molecule has 4 rings (SSSR count). The summed E-state index contributed by atoms with van der Waals surface area (Å²) in [5.74, 6) is 0.998. The SMILES string of the molecule is CC(C)(C)C(=O)/C=c1\s/c(=C\c2ccc(-c3ccccc3Br)o2)c(=O)n1CC(=O)N1CCCC1. The predicted molar refractivity (Wildman–Crippen MR) is 138 cm³/mol. The third-order valence-electron chi connectivity index (χ3n) is 5.72. The number of furan rings is 1. The Morgan fingerprint density at radius 2 is 1.82 bits per heavy atom. The highest BCUT2D eigenvalue weighted by Crippen LogP contribution is 2.29. The van der Waals surface area contributed by atoms with Crippen LogP contribution in [0.25, 0.3) is 23.5 Å². The van der Waals surface area contributed by atoms with Crippen LogP contribution < -0.4 is 14.8 Å². The summed E-state index contributed by atoms with van der Waals surface area (Å²) < 4.78 is 9.19. The number of rotatable bonds is 5. The van der Waals surface area contributed by atoms with Crippen LogP contribution in [0.5, 0.6) is 0 Å². The number of hydrogen-bond acceptors (Lipinski definition) is 5. The van der Waals surface area contributed by atoms with Crippen molar-refractivity contribution in [2.24, 2.45) is 5.41 Å². The molecule has 34 heavy (non-hydrogen) atoms. The van der Waals surface area contributed by atoms with E-state index < -0.39 is 5.41 Å². The Kier molecular flexibility index (Phi) is 7.09. The van der Waals surface area contributed by atoms with Gasteiger partial charge in [-0.3, -0.25) is 19.0 Å². The van der Waals surface area contributed by atoms with Crippen LogP contribution in [0.1, 0.15) is 39.4 Å². The quantitative estimate of drug-likeness (QED) is 0.491. The summed E-state index contributed by atoms with van der Waals surface area (Å²) in [5, 5.41) is 0. The number of likely N-dealkylation sites (tertiary alicyclic amines) is 1. The van der Waals surface area contributed by atoms with Crippen molar-refractivity contribution in [3.63, 3.8) is 0 Å². The molecule has 1 fully saturated rings. The van der Waals surface area contributed by atoms with E-state index in [1.54, 1.807) is 17.0 Å². The van der Waals surface area contributed by atoms with E-state index in [0.29, 0.717) is 33.8 Å². The molecule has 0 bridgehead atoms. The third-order valence-corrected chi connectivity index (χ3v) is 7.47. The van der Waals surface area contributed by atoms with Gasteiger partial charge in [0.25, 0.3) is 5.56 Å². The van der Waals surface area contributed by atoms with E-state index in [-0.39, 0.29) is 23.8 Å². The molecule has 1 aliphatic heterocycles. The van der Waals surface area contributed by atoms with Gasteiger partial charge in [0, 0.05) is 40.7 Å². The van der Waals surface area contributed by atoms with Crippen molar-refractivity contribution in [1.29, 1.82) is 0 Å². The summed E-state index contributed by atoms with van der Waals surface area (Å²) >= 11 is 4.73. The second-order valence-corrected chi connectivity index (χ2v) is 11.3. The van der Waals surface area contributed by atoms with E-state index in [9.17, 15) is 14.4 Å². The van der Waals surface area contributed by atoms with Crippen LogP contribution in [0.15, 0.2) is 50.1 Å². The molecule has 178 valence electrons. The third kappa shape index (κ3) is 5.33. The topological polar surface area (TPSA) is 72.5 Å². The summed E-state index contributed by atoms with van der Waals surface area (Å²) in [7, 11) is 0. The number of hydrogen-bond donors (Lipinski definition) is 0. The van der Waals surface area contributed by atoms with E-state index in [1.807, 2.05) is 51.1 Å². The number of Topliss-reactive ketones (excluding diaryl/α,β-unsaturated/α-hetero) is 1. The van der Waals surface area contributed by atoms with Crippen LogP contribution in [0.4, 0.5) is 0 Å². The highest BCUT2D eigenvalue weighted by atomic mass is 79.9. The smallest absolute Gasteiger partial charge is 0.269 e. The van der Waals surface area contributed by atoms with Gasteiger partial charge in [0.1, 0.15) is 22.7 Å². The molecule has 3 aromatic rings. The number of amides is 1. The minimum atomic E-state index is -0.591. The summed E-state index contributed by atoms with van der Waals surface area (Å²) in [6, 6.07) is 11.4. The van der Waals surface area contributed by atoms with Crippen LogP contribution in [0, 0.1) is 5.41 Å². The minimum absolute atomic E-state index is 0.0766. The highest BCUT2D eigenvalue weighted by Gasteiger charge is 2.22. The van der Waals surface area contributed by atoms with Crippen molar-refractivity contribution in [2.45, 2.75) is 40.2 Å². The van der Waals surface area contributed by atoms with Gasteiger partial charge in [0.2, 0.25) is 5.91 Å². The van der Waals surface area contributed by atoms with E-state index in [1.165, 1.54) is 22.0 Å². The second kappa shape index (κ2) is 9.88. The Morgan fingerprint density at radius 3 is 2.50 bits per heavy atom. The number of carbonyl (C=O) groups is 2. The van der Waals surface area contributed by atoms with Crippen molar-refractivity contribution in [3.8, 4) is 11.3 Å². The minimum Gasteiger partial charge on any atom is -0.457 e. The van der Waals surface area contributed by atoms with Gasteiger partial charge in [-0.2, -0.15) is 0 Å². The number of carbonyl (C=O) groups excluding carboxylic acids is 2. The van der Waals surface area contributed by atoms with Crippen molar-refractivity contribution in [3.05, 3.63) is 66.2 Å². The molecule has 0 N–H and O–H groups in total. The Labute approximate surface area is 210 Å². The molecule has 8 heteroatoms. The van der Waals surface area contributed by atoms with E-state index in [4.69, 9.17) is 4.42 Å². The van der Waals surface area contributed by atoms with Crippen LogP contribution in [0.3, 0.4) is 0 Å². The zero-order chi connectivity index (χ0) is 24.5. The number of halogens is 1. The van der Waals surface area contributed by atoms with Crippen LogP contribution in [0.2, 0.25) is 0 Å². The fraction of sp³-hybridized carbons (Fsp3) is 0.346. The first-order chi connectivity index (χ1) is 16.1. The highest BCUT2D eigenvalue weighted by molar-refractivity contribution is 9.10. The average molecular weight is 543 g/mol. The molecule has 0 atom stereocenters. The lowest BCUT2D eigenvalue weighted by Gasteiger charge is -2.15. The number of nitrogens with zero attached hydrogens (tertiary/aromatic N) is 2. The van der Waals surface area contributed by atoms with Gasteiger partial charge < -0.3 is 9.32 Å². The van der Waals surface area contributed by atoms with Gasteiger partial charge in [0.05, 0.1) is 4.53 Å². The molecule has 0 unspecified atom stereocenters. The van der Waals surface area contributed by atoms with Gasteiger partial charge in [-0.25, -0.2) is 0 Å². The molecule has 1 aromatic carbocycles. The lowest BCUT2D eigenvalue weighted by Crippen LogP contribution is -2.39. The van der Waals surface area contributed by atoms with Crippen LogP contribution >= 0.6 is 27.3 Å². The molecule has 3 heterocycles. The molecule has 0 aliphatic carbocycles. The summed E-state index contributed by atoms with van der Waals surface area (Å²) in [6.45, 7) is 6.83. The van der Waals surface area contributed by atoms with Gasteiger partial charge in [0.15, 0.2) is 5.78 Å². The van der Waals surface area contributed by atoms with Crippen LogP contribution in [-0.4, -0.2) is 34.2 Å². The van der Waals surface area contributed by atoms with Crippen molar-refractivity contribution >= 4 is 51.1 Å². The molecule has 2 aromatic heterocycles. The number of thiazole rings is 1. The predicted octanol–water partition coefficient (Wildman–Crippen LogP) is 3.78. The molecule has 0 radical (unpaired) electrons. The Bertz CT molecular complexity index is 1400. The molecule has 0 saturated carbocycles. The number of ketones is 1. The maximum Gasteiger partial charge on any atom is 0.269 e. The van der Waals surface area contributed by atoms with Gasteiger partial charge in [-0.1, -0.05) is 54.9 Å². The van der Waals surface area contributed by atoms with Gasteiger partial charge in [-0.15, -0.1) is 11.3 Å². The number of aromatic nitrogens is 1. The Hall–Kier alpha value is -2.71. The van der Waals surface area contributed by atoms with E-state index in [2.05, 4.69) is 15.9 Å². The fourth-order valence-electron chi connectivity index (χ4n) is 3.69. The number of benzene rings is 1. The molecular weight excluding hydrogens is 516 g/mol. The van der Waals surface area contributed by atoms with E-state index in [0.717, 1.165) is 22.9 Å². The molecule has 1 aliphatic rings. The maximum absolute atomic E-state index is 13.3. The zero-order valence-electron chi connectivity index (χ0n) is 19.5. The molecule has 1 saturated heterocycles. The maximum atomic E-state index is 13.3. The summed E-state index contributed by atoms with van der Waals surface area (Å²) in [4.78, 5) is 40.6.